The first-order chi connectivity index (χ1) is 8.50. The van der Waals surface area contributed by atoms with Crippen molar-refractivity contribution in [1.82, 2.24) is 0 Å². The van der Waals surface area contributed by atoms with Gasteiger partial charge in [-0.25, -0.2) is 0 Å². The van der Waals surface area contributed by atoms with Crippen LogP contribution in [0, 0.1) is 5.92 Å². The lowest BCUT2D eigenvalue weighted by molar-refractivity contribution is 0.607. The maximum atomic E-state index is 6.24. The normalized spacial score (nSPS) is 14.9. The molecule has 2 nitrogen and oxygen atoms in total. The van der Waals surface area contributed by atoms with Gasteiger partial charge in [0.25, 0.3) is 0 Å². The number of benzene rings is 1. The fourth-order valence-electron chi connectivity index (χ4n) is 2.22. The number of nitrogens with zero attached hydrogens (tertiary/aromatic N) is 1. The largest absolute Gasteiger partial charge is 0.389 e. The van der Waals surface area contributed by atoms with Gasteiger partial charge in [-0.1, -0.05) is 43.7 Å². The zero-order valence-corrected chi connectivity index (χ0v) is 12.4. The molecule has 1 aromatic carbocycles. The maximum absolute atomic E-state index is 6.24. The zero-order valence-electron chi connectivity index (χ0n) is 10.8. The Morgan fingerprint density at radius 1 is 1.50 bits per heavy atom. The van der Waals surface area contributed by atoms with E-state index in [1.165, 1.54) is 12.8 Å². The molecule has 1 fully saturated rings. The summed E-state index contributed by atoms with van der Waals surface area (Å²) in [5, 5.41) is 0.648. The Bertz CT molecular complexity index is 455. The Morgan fingerprint density at radius 3 is 2.67 bits per heavy atom. The van der Waals surface area contributed by atoms with E-state index in [1.54, 1.807) is 0 Å². The van der Waals surface area contributed by atoms with Crippen LogP contribution in [0.2, 0.25) is 5.02 Å². The van der Waals surface area contributed by atoms with E-state index in [1.807, 2.05) is 12.1 Å². The SMILES string of the molecule is CC(C)CN(c1cccc(Cl)c1C(N)=S)C1CC1. The summed E-state index contributed by atoms with van der Waals surface area (Å²) in [6.07, 6.45) is 2.49. The van der Waals surface area contributed by atoms with Gasteiger partial charge in [0, 0.05) is 18.3 Å². The van der Waals surface area contributed by atoms with Crippen molar-refractivity contribution in [2.24, 2.45) is 11.7 Å². The van der Waals surface area contributed by atoms with Crippen LogP contribution in [-0.2, 0) is 0 Å². The lowest BCUT2D eigenvalue weighted by Crippen LogP contribution is -2.32. The molecule has 0 spiro atoms. The van der Waals surface area contributed by atoms with Crippen molar-refractivity contribution in [1.29, 1.82) is 0 Å². The average Bonchev–Trinajstić information content (AvgIpc) is 3.08. The van der Waals surface area contributed by atoms with Crippen LogP contribution in [0.4, 0.5) is 5.69 Å². The first kappa shape index (κ1) is 13.6. The van der Waals surface area contributed by atoms with Crippen LogP contribution < -0.4 is 10.6 Å². The summed E-state index contributed by atoms with van der Waals surface area (Å²) in [5.41, 5.74) is 7.73. The standard InChI is InChI=1S/C14H19ClN2S/c1-9(2)8-17(10-6-7-10)12-5-3-4-11(15)13(12)14(16)18/h3-5,9-10H,6-8H2,1-2H3,(H2,16,18). The molecular formula is C14H19ClN2S. The van der Waals surface area contributed by atoms with Crippen LogP contribution in [-0.4, -0.2) is 17.6 Å². The van der Waals surface area contributed by atoms with Gasteiger partial charge in [0.2, 0.25) is 0 Å². The summed E-state index contributed by atoms with van der Waals surface area (Å²) in [6, 6.07) is 6.51. The van der Waals surface area contributed by atoms with Crippen molar-refractivity contribution < 1.29 is 0 Å². The molecule has 4 heteroatoms. The minimum Gasteiger partial charge on any atom is -0.389 e. The van der Waals surface area contributed by atoms with Crippen LogP contribution in [0.5, 0.6) is 0 Å². The monoisotopic (exact) mass is 282 g/mol. The van der Waals surface area contributed by atoms with Crippen molar-refractivity contribution in [3.63, 3.8) is 0 Å². The topological polar surface area (TPSA) is 29.3 Å². The van der Waals surface area contributed by atoms with E-state index in [4.69, 9.17) is 29.6 Å². The fraction of sp³-hybridized carbons (Fsp3) is 0.500. The Balaban J connectivity index is 2.40. The van der Waals surface area contributed by atoms with Gasteiger partial charge < -0.3 is 10.6 Å². The lowest BCUT2D eigenvalue weighted by atomic mass is 10.1. The van der Waals surface area contributed by atoms with Gasteiger partial charge in [0.05, 0.1) is 10.6 Å². The molecule has 1 aliphatic rings. The van der Waals surface area contributed by atoms with E-state index < -0.39 is 0 Å². The van der Waals surface area contributed by atoms with Crippen molar-refractivity contribution in [3.05, 3.63) is 28.8 Å². The second-order valence-corrected chi connectivity index (χ2v) is 6.12. The van der Waals surface area contributed by atoms with Crippen molar-refractivity contribution in [2.45, 2.75) is 32.7 Å². The second-order valence-electron chi connectivity index (χ2n) is 5.28. The summed E-state index contributed by atoms with van der Waals surface area (Å²) >= 11 is 11.4. The van der Waals surface area contributed by atoms with Crippen molar-refractivity contribution >= 4 is 34.5 Å². The number of anilines is 1. The molecule has 0 saturated heterocycles. The molecule has 0 atom stereocenters. The Kier molecular flexibility index (Phi) is 4.13. The van der Waals surface area contributed by atoms with Gasteiger partial charge in [-0.15, -0.1) is 0 Å². The van der Waals surface area contributed by atoms with Gasteiger partial charge in [-0.3, -0.25) is 0 Å². The average molecular weight is 283 g/mol. The minimum atomic E-state index is 0.380. The number of halogens is 1. The molecule has 0 bridgehead atoms. The molecule has 0 amide bonds. The van der Waals surface area contributed by atoms with Crippen molar-refractivity contribution in [3.8, 4) is 0 Å². The predicted octanol–water partition coefficient (Wildman–Crippen LogP) is 3.60. The first-order valence-electron chi connectivity index (χ1n) is 6.35. The van der Waals surface area contributed by atoms with Gasteiger partial charge in [0.1, 0.15) is 4.99 Å². The van der Waals surface area contributed by atoms with Crippen LogP contribution in [0.25, 0.3) is 0 Å². The van der Waals surface area contributed by atoms with Crippen LogP contribution >= 0.6 is 23.8 Å². The number of rotatable bonds is 5. The summed E-state index contributed by atoms with van der Waals surface area (Å²) in [5.74, 6) is 0.601. The van der Waals surface area contributed by atoms with Gasteiger partial charge in [-0.05, 0) is 30.9 Å². The highest BCUT2D eigenvalue weighted by atomic mass is 35.5. The third-order valence-corrected chi connectivity index (χ3v) is 3.62. The van der Waals surface area contributed by atoms with Gasteiger partial charge in [-0.2, -0.15) is 0 Å². The fourth-order valence-corrected chi connectivity index (χ4v) is 2.76. The summed E-state index contributed by atoms with van der Waals surface area (Å²) < 4.78 is 0. The molecule has 0 radical (unpaired) electrons. The maximum Gasteiger partial charge on any atom is 0.107 e. The molecule has 0 aliphatic heterocycles. The number of nitrogens with two attached hydrogens (primary N) is 1. The van der Waals surface area contributed by atoms with Gasteiger partial charge in [0.15, 0.2) is 0 Å². The van der Waals surface area contributed by atoms with E-state index >= 15 is 0 Å². The second kappa shape index (κ2) is 5.45. The predicted molar refractivity (Wildman–Crippen MR) is 82.5 cm³/mol. The molecule has 0 unspecified atom stereocenters. The van der Waals surface area contributed by atoms with E-state index in [9.17, 15) is 0 Å². The number of hydrogen-bond acceptors (Lipinski definition) is 2. The molecule has 1 aromatic rings. The lowest BCUT2D eigenvalue weighted by Gasteiger charge is -2.29. The molecule has 1 saturated carbocycles. The quantitative estimate of drug-likeness (QED) is 0.837. The van der Waals surface area contributed by atoms with Crippen LogP contribution in [0.3, 0.4) is 0 Å². The van der Waals surface area contributed by atoms with Crippen LogP contribution in [0.1, 0.15) is 32.3 Å². The van der Waals surface area contributed by atoms with E-state index in [2.05, 4.69) is 24.8 Å². The van der Waals surface area contributed by atoms with Gasteiger partial charge >= 0.3 is 0 Å². The smallest absolute Gasteiger partial charge is 0.107 e. The first-order valence-corrected chi connectivity index (χ1v) is 7.14. The molecule has 18 heavy (non-hydrogen) atoms. The van der Waals surface area contributed by atoms with E-state index in [0.29, 0.717) is 22.0 Å². The molecule has 0 heterocycles. The Hall–Kier alpha value is -0.800. The molecular weight excluding hydrogens is 264 g/mol. The molecule has 0 aromatic heterocycles. The highest BCUT2D eigenvalue weighted by Crippen LogP contribution is 2.36. The van der Waals surface area contributed by atoms with E-state index in [0.717, 1.165) is 17.8 Å². The number of thiocarbonyl (C=S) groups is 1. The molecule has 1 aliphatic carbocycles. The van der Waals surface area contributed by atoms with Crippen LogP contribution in [0.15, 0.2) is 18.2 Å². The third-order valence-electron chi connectivity index (χ3n) is 3.10. The van der Waals surface area contributed by atoms with E-state index in [-0.39, 0.29) is 0 Å². The molecule has 2 N–H and O–H groups in total. The molecule has 98 valence electrons. The highest BCUT2D eigenvalue weighted by Gasteiger charge is 2.31. The Morgan fingerprint density at radius 2 is 2.17 bits per heavy atom. The zero-order chi connectivity index (χ0) is 13.3. The van der Waals surface area contributed by atoms with Crippen molar-refractivity contribution in [2.75, 3.05) is 11.4 Å². The number of hydrogen-bond donors (Lipinski definition) is 1. The third kappa shape index (κ3) is 2.96. The Labute approximate surface area is 119 Å². The minimum absolute atomic E-state index is 0.380. The summed E-state index contributed by atoms with van der Waals surface area (Å²) in [6.45, 7) is 5.46. The highest BCUT2D eigenvalue weighted by molar-refractivity contribution is 7.80. The summed E-state index contributed by atoms with van der Waals surface area (Å²) in [7, 11) is 0. The summed E-state index contributed by atoms with van der Waals surface area (Å²) in [4.78, 5) is 2.79. The molecule has 2 rings (SSSR count).